The second kappa shape index (κ2) is 7.18. The lowest BCUT2D eigenvalue weighted by Crippen LogP contribution is -2.41. The lowest BCUT2D eigenvalue weighted by molar-refractivity contribution is 0.00578. The molecule has 1 aromatic heterocycles. The fourth-order valence-corrected chi connectivity index (χ4v) is 4.41. The molecule has 0 saturated carbocycles. The first-order valence-electron chi connectivity index (χ1n) is 10.9. The Balaban J connectivity index is 1.81. The fraction of sp³-hybridized carbons (Fsp3) is 0.250. The van der Waals surface area contributed by atoms with Crippen molar-refractivity contribution in [3.8, 4) is 51.7 Å². The number of hydrogen-bond acceptors (Lipinski definition) is 10. The van der Waals surface area contributed by atoms with Crippen LogP contribution in [0, 0.1) is 0 Å². The van der Waals surface area contributed by atoms with Gasteiger partial charge in [0.05, 0.1) is 22.0 Å². The highest BCUT2D eigenvalue weighted by Crippen LogP contribution is 2.58. The third-order valence-electron chi connectivity index (χ3n) is 7.12. The van der Waals surface area contributed by atoms with Crippen LogP contribution in [0.1, 0.15) is 27.7 Å². The lowest BCUT2D eigenvalue weighted by atomic mass is 9.79. The summed E-state index contributed by atoms with van der Waals surface area (Å²) in [6.07, 6.45) is 0. The van der Waals surface area contributed by atoms with Gasteiger partial charge in [0, 0.05) is 5.69 Å². The largest absolute Gasteiger partial charge is 0.504 e. The highest BCUT2D eigenvalue weighted by Gasteiger charge is 2.51. The Hall–Kier alpha value is -4.16. The summed E-state index contributed by atoms with van der Waals surface area (Å²) in [5, 5.41) is 82.3. The molecule has 3 aromatic carbocycles. The number of aromatic nitrogens is 1. The van der Waals surface area contributed by atoms with Crippen LogP contribution in [0.15, 0.2) is 24.3 Å². The molecule has 2 heterocycles. The van der Waals surface area contributed by atoms with Crippen LogP contribution in [0.2, 0.25) is 0 Å². The van der Waals surface area contributed by atoms with Crippen LogP contribution in [-0.2, 0) is 9.31 Å². The first-order chi connectivity index (χ1) is 16.7. The third-order valence-corrected chi connectivity index (χ3v) is 7.12. The first kappa shape index (κ1) is 23.6. The van der Waals surface area contributed by atoms with Crippen molar-refractivity contribution >= 4 is 34.4 Å². The van der Waals surface area contributed by atoms with Crippen molar-refractivity contribution in [3.05, 3.63) is 24.3 Å². The maximum atomic E-state index is 10.7. The minimum atomic E-state index is -1.08. The highest BCUT2D eigenvalue weighted by molar-refractivity contribution is 6.62. The standard InChI is InChI=1S/C24H24BNO10/c1-23(2)24(3,4)36-25(35-23)9-5-7-10(8-6-9)26-13-11(15(27)19(31)21(33)17(13)29)12-14(26)18(30)22(34)20(32)16(12)28/h5-8,27-34H,1-4H3. The number of rotatable bonds is 2. The molecule has 1 fully saturated rings. The molecular weight excluding hydrogens is 473 g/mol. The van der Waals surface area contributed by atoms with E-state index in [0.29, 0.717) is 5.46 Å². The van der Waals surface area contributed by atoms with Crippen LogP contribution in [0.25, 0.3) is 27.5 Å². The van der Waals surface area contributed by atoms with Gasteiger partial charge < -0.3 is 54.7 Å². The minimum absolute atomic E-state index is 0.245. The Morgan fingerprint density at radius 2 is 0.917 bits per heavy atom. The van der Waals surface area contributed by atoms with E-state index >= 15 is 0 Å². The number of hydrogen-bond donors (Lipinski definition) is 8. The summed E-state index contributed by atoms with van der Waals surface area (Å²) in [4.78, 5) is 0. The summed E-state index contributed by atoms with van der Waals surface area (Å²) in [5.41, 5.74) is -0.898. The molecule has 12 heteroatoms. The molecule has 36 heavy (non-hydrogen) atoms. The zero-order valence-electron chi connectivity index (χ0n) is 19.7. The summed E-state index contributed by atoms with van der Waals surface area (Å²) >= 11 is 0. The maximum absolute atomic E-state index is 10.7. The van der Waals surface area contributed by atoms with Gasteiger partial charge in [0.2, 0.25) is 23.0 Å². The first-order valence-corrected chi connectivity index (χ1v) is 10.9. The molecule has 5 rings (SSSR count). The minimum Gasteiger partial charge on any atom is -0.504 e. The van der Waals surface area contributed by atoms with Crippen LogP contribution in [-0.4, -0.2) is 63.7 Å². The van der Waals surface area contributed by atoms with Crippen molar-refractivity contribution in [2.24, 2.45) is 0 Å². The average Bonchev–Trinajstić information content (AvgIpc) is 3.29. The predicted octanol–water partition coefficient (Wildman–Crippen LogP) is 2.73. The molecule has 1 saturated heterocycles. The van der Waals surface area contributed by atoms with E-state index in [-0.39, 0.29) is 16.7 Å². The number of phenols is 8. The van der Waals surface area contributed by atoms with Gasteiger partial charge in [0.15, 0.2) is 23.0 Å². The van der Waals surface area contributed by atoms with Crippen LogP contribution >= 0.6 is 0 Å². The number of aromatic hydroxyl groups is 8. The molecular formula is C24H24BNO10. The monoisotopic (exact) mass is 497 g/mol. The van der Waals surface area contributed by atoms with E-state index in [0.717, 1.165) is 4.57 Å². The van der Waals surface area contributed by atoms with Gasteiger partial charge >= 0.3 is 7.12 Å². The maximum Gasteiger partial charge on any atom is 0.494 e. The number of fused-ring (bicyclic) bond motifs is 3. The van der Waals surface area contributed by atoms with Gasteiger partial charge in [-0.15, -0.1) is 0 Å². The quantitative estimate of drug-likeness (QED) is 0.116. The molecule has 0 aliphatic carbocycles. The highest BCUT2D eigenvalue weighted by atomic mass is 16.7. The van der Waals surface area contributed by atoms with Crippen molar-refractivity contribution in [1.82, 2.24) is 4.57 Å². The molecule has 0 atom stereocenters. The zero-order chi connectivity index (χ0) is 26.5. The SMILES string of the molecule is CC1(C)OB(c2ccc(-n3c4c(O)c(O)c(O)c(O)c4c4c(O)c(O)c(O)c(O)c43)cc2)OC1(C)C. The third kappa shape index (κ3) is 2.88. The smallest absolute Gasteiger partial charge is 0.494 e. The molecule has 0 unspecified atom stereocenters. The molecule has 1 aliphatic rings. The molecule has 8 N–H and O–H groups in total. The van der Waals surface area contributed by atoms with Crippen LogP contribution < -0.4 is 5.46 Å². The molecule has 0 amide bonds. The molecule has 4 aromatic rings. The van der Waals surface area contributed by atoms with Crippen molar-refractivity contribution in [2.45, 2.75) is 38.9 Å². The Morgan fingerprint density at radius 3 is 1.31 bits per heavy atom. The Labute approximate surface area is 204 Å². The normalized spacial score (nSPS) is 16.8. The number of phenolic OH excluding ortho intramolecular Hbond substituents is 8. The molecule has 0 bridgehead atoms. The summed E-state index contributed by atoms with van der Waals surface area (Å²) in [6, 6.07) is 6.42. The number of benzene rings is 3. The van der Waals surface area contributed by atoms with E-state index in [1.807, 2.05) is 27.7 Å². The van der Waals surface area contributed by atoms with Gasteiger partial charge in [0.25, 0.3) is 0 Å². The van der Waals surface area contributed by atoms with Gasteiger partial charge in [0.1, 0.15) is 11.0 Å². The van der Waals surface area contributed by atoms with Gasteiger partial charge in [-0.3, -0.25) is 0 Å². The average molecular weight is 497 g/mol. The summed E-state index contributed by atoms with van der Waals surface area (Å²) < 4.78 is 13.2. The van der Waals surface area contributed by atoms with E-state index in [2.05, 4.69) is 0 Å². The van der Waals surface area contributed by atoms with Gasteiger partial charge in [-0.05, 0) is 45.3 Å². The predicted molar refractivity (Wildman–Crippen MR) is 130 cm³/mol. The molecule has 0 spiro atoms. The second-order valence-corrected chi connectivity index (χ2v) is 9.75. The van der Waals surface area contributed by atoms with E-state index in [1.54, 1.807) is 24.3 Å². The van der Waals surface area contributed by atoms with Gasteiger partial charge in [-0.1, -0.05) is 12.1 Å². The summed E-state index contributed by atoms with van der Waals surface area (Å²) in [6.45, 7) is 7.64. The Kier molecular flexibility index (Phi) is 4.71. The van der Waals surface area contributed by atoms with Crippen molar-refractivity contribution in [1.29, 1.82) is 0 Å². The van der Waals surface area contributed by atoms with Crippen molar-refractivity contribution in [2.75, 3.05) is 0 Å². The molecule has 0 radical (unpaired) electrons. The van der Waals surface area contributed by atoms with Crippen molar-refractivity contribution < 1.29 is 50.2 Å². The van der Waals surface area contributed by atoms with E-state index in [1.165, 1.54) is 0 Å². The fourth-order valence-electron chi connectivity index (χ4n) is 4.41. The van der Waals surface area contributed by atoms with Crippen molar-refractivity contribution in [3.63, 3.8) is 0 Å². The van der Waals surface area contributed by atoms with Crippen LogP contribution in [0.5, 0.6) is 46.0 Å². The molecule has 1 aliphatic heterocycles. The van der Waals surface area contributed by atoms with E-state index in [4.69, 9.17) is 9.31 Å². The van der Waals surface area contributed by atoms with Gasteiger partial charge in [-0.2, -0.15) is 0 Å². The lowest BCUT2D eigenvalue weighted by Gasteiger charge is -2.32. The Morgan fingerprint density at radius 1 is 0.556 bits per heavy atom. The molecule has 11 nitrogen and oxygen atoms in total. The molecule has 188 valence electrons. The van der Waals surface area contributed by atoms with E-state index in [9.17, 15) is 40.9 Å². The van der Waals surface area contributed by atoms with E-state index < -0.39 is 75.1 Å². The zero-order valence-corrected chi connectivity index (χ0v) is 19.7. The van der Waals surface area contributed by atoms with Gasteiger partial charge in [-0.25, -0.2) is 0 Å². The Bertz CT molecular complexity index is 1480. The van der Waals surface area contributed by atoms with Crippen LogP contribution in [0.4, 0.5) is 0 Å². The number of nitrogens with zero attached hydrogens (tertiary/aromatic N) is 1. The second-order valence-electron chi connectivity index (χ2n) is 9.75. The summed E-state index contributed by atoms with van der Waals surface area (Å²) in [5.74, 6) is -7.90. The van der Waals surface area contributed by atoms with Crippen LogP contribution in [0.3, 0.4) is 0 Å². The topological polar surface area (TPSA) is 185 Å². The summed E-state index contributed by atoms with van der Waals surface area (Å²) in [7, 11) is -0.681.